The van der Waals surface area contributed by atoms with E-state index in [2.05, 4.69) is 10.6 Å². The average Bonchev–Trinajstić information content (AvgIpc) is 2.81. The highest BCUT2D eigenvalue weighted by Crippen LogP contribution is 2.29. The third-order valence-electron chi connectivity index (χ3n) is 3.31. The molecule has 0 radical (unpaired) electrons. The van der Waals surface area contributed by atoms with Gasteiger partial charge in [-0.2, -0.15) is 11.3 Å². The molecule has 1 amide bonds. The Morgan fingerprint density at radius 3 is 2.61 bits per heavy atom. The standard InChI is InChI=1S/C11H16N2O3S2/c1-18(15,16)11(3-5-12-6-4-11)10(14)13-9-2-7-17-8-9/h2,7-8,12H,3-6H2,1H3,(H,13,14). The number of amides is 1. The monoisotopic (exact) mass is 288 g/mol. The van der Waals surface area contributed by atoms with Gasteiger partial charge >= 0.3 is 0 Å². The summed E-state index contributed by atoms with van der Waals surface area (Å²) in [4.78, 5) is 12.3. The fraction of sp³-hybridized carbons (Fsp3) is 0.545. The molecule has 0 spiro atoms. The summed E-state index contributed by atoms with van der Waals surface area (Å²) in [5.74, 6) is -0.412. The Hall–Kier alpha value is -0.920. The molecule has 2 rings (SSSR count). The Morgan fingerprint density at radius 1 is 1.44 bits per heavy atom. The smallest absolute Gasteiger partial charge is 0.245 e. The van der Waals surface area contributed by atoms with Gasteiger partial charge in [-0.25, -0.2) is 8.42 Å². The van der Waals surface area contributed by atoms with Gasteiger partial charge < -0.3 is 10.6 Å². The molecule has 2 N–H and O–H groups in total. The number of thiophene rings is 1. The highest BCUT2D eigenvalue weighted by atomic mass is 32.2. The molecule has 0 aromatic carbocycles. The first-order valence-corrected chi connectivity index (χ1v) is 8.53. The lowest BCUT2D eigenvalue weighted by Gasteiger charge is -2.34. The van der Waals surface area contributed by atoms with Gasteiger partial charge in [-0.3, -0.25) is 4.79 Å². The van der Waals surface area contributed by atoms with Gasteiger partial charge in [-0.15, -0.1) is 0 Å². The van der Waals surface area contributed by atoms with E-state index in [4.69, 9.17) is 0 Å². The van der Waals surface area contributed by atoms with Crippen molar-refractivity contribution in [3.63, 3.8) is 0 Å². The maximum atomic E-state index is 12.3. The molecule has 100 valence electrons. The number of carbonyl (C=O) groups excluding carboxylic acids is 1. The Kier molecular flexibility index (Phi) is 3.74. The second-order valence-electron chi connectivity index (χ2n) is 4.48. The lowest BCUT2D eigenvalue weighted by Crippen LogP contribution is -2.55. The average molecular weight is 288 g/mol. The minimum absolute atomic E-state index is 0.321. The highest BCUT2D eigenvalue weighted by molar-refractivity contribution is 7.92. The molecule has 0 aliphatic carbocycles. The van der Waals surface area contributed by atoms with Gasteiger partial charge in [-0.1, -0.05) is 0 Å². The van der Waals surface area contributed by atoms with Crippen LogP contribution in [0.5, 0.6) is 0 Å². The Labute approximate surface area is 111 Å². The number of anilines is 1. The summed E-state index contributed by atoms with van der Waals surface area (Å²) in [5, 5.41) is 9.41. The molecule has 1 aliphatic rings. The predicted octanol–water partition coefficient (Wildman–Crippen LogP) is 0.853. The van der Waals surface area contributed by atoms with Gasteiger partial charge in [0.05, 0.1) is 5.69 Å². The maximum Gasteiger partial charge on any atom is 0.245 e. The summed E-state index contributed by atoms with van der Waals surface area (Å²) in [6.45, 7) is 1.09. The number of sulfone groups is 1. The number of rotatable bonds is 3. The van der Waals surface area contributed by atoms with E-state index in [1.165, 1.54) is 11.3 Å². The van der Waals surface area contributed by atoms with E-state index < -0.39 is 20.5 Å². The second-order valence-corrected chi connectivity index (χ2v) is 7.59. The number of hydrogen-bond acceptors (Lipinski definition) is 5. The van der Waals surface area contributed by atoms with Crippen LogP contribution in [0.3, 0.4) is 0 Å². The van der Waals surface area contributed by atoms with Crippen molar-refractivity contribution in [2.24, 2.45) is 0 Å². The fourth-order valence-electron chi connectivity index (χ4n) is 2.18. The van der Waals surface area contributed by atoms with Crippen molar-refractivity contribution < 1.29 is 13.2 Å². The zero-order chi connectivity index (χ0) is 13.2. The number of piperidine rings is 1. The van der Waals surface area contributed by atoms with Crippen LogP contribution in [-0.2, 0) is 14.6 Å². The molecule has 1 aromatic rings. The fourth-order valence-corrected chi connectivity index (χ4v) is 4.10. The van der Waals surface area contributed by atoms with Crippen molar-refractivity contribution in [1.29, 1.82) is 0 Å². The summed E-state index contributed by atoms with van der Waals surface area (Å²) in [7, 11) is -3.44. The summed E-state index contributed by atoms with van der Waals surface area (Å²) in [6.07, 6.45) is 1.79. The van der Waals surface area contributed by atoms with Crippen LogP contribution in [-0.4, -0.2) is 38.4 Å². The third-order valence-corrected chi connectivity index (χ3v) is 6.01. The van der Waals surface area contributed by atoms with Crippen molar-refractivity contribution in [3.8, 4) is 0 Å². The van der Waals surface area contributed by atoms with Crippen LogP contribution in [0, 0.1) is 0 Å². The Balaban J connectivity index is 2.27. The molecule has 7 heteroatoms. The molecule has 0 atom stereocenters. The number of nitrogens with one attached hydrogen (secondary N) is 2. The van der Waals surface area contributed by atoms with Gasteiger partial charge in [-0.05, 0) is 37.4 Å². The number of carbonyl (C=O) groups is 1. The zero-order valence-corrected chi connectivity index (χ0v) is 11.7. The minimum Gasteiger partial charge on any atom is -0.324 e. The van der Waals surface area contributed by atoms with E-state index >= 15 is 0 Å². The third kappa shape index (κ3) is 2.43. The molecule has 5 nitrogen and oxygen atoms in total. The van der Waals surface area contributed by atoms with Crippen LogP contribution in [0.25, 0.3) is 0 Å². The first-order valence-electron chi connectivity index (χ1n) is 5.70. The SMILES string of the molecule is CS(=O)(=O)C1(C(=O)Nc2ccsc2)CCNCC1. The molecule has 18 heavy (non-hydrogen) atoms. The Morgan fingerprint density at radius 2 is 2.11 bits per heavy atom. The zero-order valence-electron chi connectivity index (χ0n) is 10.1. The molecule has 1 aliphatic heterocycles. The first-order chi connectivity index (χ1) is 8.46. The van der Waals surface area contributed by atoms with Gasteiger partial charge in [0.15, 0.2) is 14.6 Å². The summed E-state index contributed by atoms with van der Waals surface area (Å²) < 4.78 is 22.7. The van der Waals surface area contributed by atoms with Crippen LogP contribution >= 0.6 is 11.3 Å². The van der Waals surface area contributed by atoms with Crippen molar-refractivity contribution in [1.82, 2.24) is 5.32 Å². The van der Waals surface area contributed by atoms with Crippen LogP contribution in [0.15, 0.2) is 16.8 Å². The number of hydrogen-bond donors (Lipinski definition) is 2. The molecule has 1 aromatic heterocycles. The van der Waals surface area contributed by atoms with Crippen molar-refractivity contribution in [2.75, 3.05) is 24.7 Å². The maximum absolute atomic E-state index is 12.3. The largest absolute Gasteiger partial charge is 0.324 e. The lowest BCUT2D eigenvalue weighted by atomic mass is 9.96. The van der Waals surface area contributed by atoms with Crippen molar-refractivity contribution >= 4 is 32.8 Å². The summed E-state index contributed by atoms with van der Waals surface area (Å²) >= 11 is 1.46. The molecule has 0 unspecified atom stereocenters. The van der Waals surface area contributed by atoms with Crippen LogP contribution < -0.4 is 10.6 Å². The molecule has 0 saturated carbocycles. The highest BCUT2D eigenvalue weighted by Gasteiger charge is 2.48. The molecule has 2 heterocycles. The first kappa shape index (κ1) is 13.5. The van der Waals surface area contributed by atoms with Crippen molar-refractivity contribution in [3.05, 3.63) is 16.8 Å². The van der Waals surface area contributed by atoms with Crippen LogP contribution in [0.2, 0.25) is 0 Å². The van der Waals surface area contributed by atoms with E-state index in [9.17, 15) is 13.2 Å². The molecule has 1 fully saturated rings. The topological polar surface area (TPSA) is 75.3 Å². The van der Waals surface area contributed by atoms with E-state index in [-0.39, 0.29) is 0 Å². The molecule has 0 bridgehead atoms. The minimum atomic E-state index is -3.44. The van der Waals surface area contributed by atoms with Crippen molar-refractivity contribution in [2.45, 2.75) is 17.6 Å². The summed E-state index contributed by atoms with van der Waals surface area (Å²) in [5.41, 5.74) is 0.659. The quantitative estimate of drug-likeness (QED) is 0.865. The van der Waals surface area contributed by atoms with Crippen LogP contribution in [0.4, 0.5) is 5.69 Å². The van der Waals surface area contributed by atoms with Gasteiger partial charge in [0.25, 0.3) is 0 Å². The van der Waals surface area contributed by atoms with E-state index in [1.807, 2.05) is 5.38 Å². The van der Waals surface area contributed by atoms with Gasteiger partial charge in [0, 0.05) is 11.6 Å². The van der Waals surface area contributed by atoms with Crippen LogP contribution in [0.1, 0.15) is 12.8 Å². The normalized spacial score (nSPS) is 19.4. The Bertz CT molecular complexity index is 516. The van der Waals surface area contributed by atoms with E-state index in [1.54, 1.807) is 11.4 Å². The van der Waals surface area contributed by atoms with Gasteiger partial charge in [0.1, 0.15) is 0 Å². The molecule has 1 saturated heterocycles. The molecular weight excluding hydrogens is 272 g/mol. The lowest BCUT2D eigenvalue weighted by molar-refractivity contribution is -0.119. The predicted molar refractivity (Wildman–Crippen MR) is 72.6 cm³/mol. The van der Waals surface area contributed by atoms with Gasteiger partial charge in [0.2, 0.25) is 5.91 Å². The van der Waals surface area contributed by atoms with E-state index in [0.29, 0.717) is 31.6 Å². The second kappa shape index (κ2) is 4.99. The molecular formula is C11H16N2O3S2. The van der Waals surface area contributed by atoms with E-state index in [0.717, 1.165) is 6.26 Å². The summed E-state index contributed by atoms with van der Waals surface area (Å²) in [6, 6.07) is 1.76.